The van der Waals surface area contributed by atoms with E-state index in [0.29, 0.717) is 17.9 Å². The van der Waals surface area contributed by atoms with Crippen LogP contribution >= 0.6 is 11.6 Å². The molecular formula is C25H21ClN2O5. The number of halogens is 1. The minimum atomic E-state index is -1.70. The molecule has 7 nitrogen and oxygen atoms in total. The summed E-state index contributed by atoms with van der Waals surface area (Å²) >= 11 is 6.43. The smallest absolute Gasteiger partial charge is 0.236 e. The van der Waals surface area contributed by atoms with Gasteiger partial charge in [0.25, 0.3) is 0 Å². The van der Waals surface area contributed by atoms with Gasteiger partial charge in [0.05, 0.1) is 25.4 Å². The Morgan fingerprint density at radius 3 is 2.64 bits per heavy atom. The number of allylic oxidation sites excluding steroid dienone is 1. The molecule has 0 saturated heterocycles. The van der Waals surface area contributed by atoms with Gasteiger partial charge in [-0.1, -0.05) is 36.7 Å². The van der Waals surface area contributed by atoms with Crippen molar-refractivity contribution in [3.63, 3.8) is 0 Å². The van der Waals surface area contributed by atoms with Crippen LogP contribution in [0, 0.1) is 5.92 Å². The van der Waals surface area contributed by atoms with Crippen LogP contribution in [0.1, 0.15) is 23.7 Å². The summed E-state index contributed by atoms with van der Waals surface area (Å²) in [4.78, 5) is 31.5. The summed E-state index contributed by atoms with van der Waals surface area (Å²) < 4.78 is 16.7. The van der Waals surface area contributed by atoms with Gasteiger partial charge in [0, 0.05) is 35.3 Å². The summed E-state index contributed by atoms with van der Waals surface area (Å²) in [5, 5.41) is 4.43. The molecule has 1 aromatic heterocycles. The SMILES string of the molecule is COc1cc(OC)c2c(c1Cl)O[C@@]1(C(=O)C=C(Nc3cccc4cccnc34)C[C@H]1C)C2=O. The van der Waals surface area contributed by atoms with E-state index < -0.39 is 23.1 Å². The molecule has 0 saturated carbocycles. The Morgan fingerprint density at radius 1 is 1.15 bits per heavy atom. The highest BCUT2D eigenvalue weighted by Crippen LogP contribution is 2.53. The molecule has 2 aromatic carbocycles. The number of ether oxygens (including phenoxy) is 3. The Morgan fingerprint density at radius 2 is 1.91 bits per heavy atom. The number of anilines is 1. The van der Waals surface area contributed by atoms with Crippen LogP contribution in [0.4, 0.5) is 5.69 Å². The van der Waals surface area contributed by atoms with Gasteiger partial charge in [-0.15, -0.1) is 0 Å². The van der Waals surface area contributed by atoms with E-state index in [0.717, 1.165) is 16.6 Å². The van der Waals surface area contributed by atoms with Crippen LogP contribution in [0.5, 0.6) is 17.2 Å². The van der Waals surface area contributed by atoms with Gasteiger partial charge in [-0.25, -0.2) is 0 Å². The quantitative estimate of drug-likeness (QED) is 0.553. The van der Waals surface area contributed by atoms with E-state index in [1.165, 1.54) is 26.4 Å². The molecule has 0 bridgehead atoms. The van der Waals surface area contributed by atoms with Crippen molar-refractivity contribution in [2.45, 2.75) is 18.9 Å². The Labute approximate surface area is 195 Å². The van der Waals surface area contributed by atoms with Gasteiger partial charge in [-0.2, -0.15) is 0 Å². The molecule has 8 heteroatoms. The lowest BCUT2D eigenvalue weighted by Gasteiger charge is -2.35. The maximum absolute atomic E-state index is 13.6. The molecule has 2 aliphatic rings. The fourth-order valence-corrected chi connectivity index (χ4v) is 4.86. The number of methoxy groups -OCH3 is 2. The number of hydrogen-bond donors (Lipinski definition) is 1. The molecule has 1 spiro atoms. The third-order valence-corrected chi connectivity index (χ3v) is 6.60. The number of pyridine rings is 1. The van der Waals surface area contributed by atoms with Crippen molar-refractivity contribution in [2.24, 2.45) is 5.92 Å². The Bertz CT molecular complexity index is 1350. The number of rotatable bonds is 4. The number of carbonyl (C=O) groups is 2. The second-order valence-electron chi connectivity index (χ2n) is 8.11. The first-order valence-corrected chi connectivity index (χ1v) is 10.8. The van der Waals surface area contributed by atoms with Crippen LogP contribution in [-0.2, 0) is 4.79 Å². The fraction of sp³-hybridized carbons (Fsp3) is 0.240. The zero-order chi connectivity index (χ0) is 23.3. The number of Topliss-reactive ketones (excluding diaryl/α,β-unsaturated/α-hetero) is 1. The Kier molecular flexibility index (Phi) is 5.01. The highest BCUT2D eigenvalue weighted by atomic mass is 35.5. The average Bonchev–Trinajstić information content (AvgIpc) is 3.13. The molecule has 0 unspecified atom stereocenters. The number of aromatic nitrogens is 1. The number of fused-ring (bicyclic) bond motifs is 2. The topological polar surface area (TPSA) is 86.8 Å². The first-order chi connectivity index (χ1) is 15.9. The molecule has 0 fully saturated rings. The number of nitrogens with zero attached hydrogens (tertiary/aromatic N) is 1. The number of hydrogen-bond acceptors (Lipinski definition) is 7. The van der Waals surface area contributed by atoms with Crippen molar-refractivity contribution in [1.82, 2.24) is 4.98 Å². The highest BCUT2D eigenvalue weighted by molar-refractivity contribution is 6.36. The monoisotopic (exact) mass is 464 g/mol. The zero-order valence-electron chi connectivity index (χ0n) is 18.3. The molecule has 33 heavy (non-hydrogen) atoms. The molecular weight excluding hydrogens is 444 g/mol. The Balaban J connectivity index is 1.53. The van der Waals surface area contributed by atoms with Crippen molar-refractivity contribution in [3.8, 4) is 17.2 Å². The molecule has 2 heterocycles. The van der Waals surface area contributed by atoms with Crippen LogP contribution < -0.4 is 19.5 Å². The number of ketones is 2. The number of para-hydroxylation sites is 1. The minimum Gasteiger partial charge on any atom is -0.496 e. The van der Waals surface area contributed by atoms with Crippen molar-refractivity contribution < 1.29 is 23.8 Å². The van der Waals surface area contributed by atoms with Crippen LogP contribution in [0.3, 0.4) is 0 Å². The maximum Gasteiger partial charge on any atom is 0.236 e. The predicted octanol–water partition coefficient (Wildman–Crippen LogP) is 4.82. The van der Waals surface area contributed by atoms with Crippen molar-refractivity contribution >= 4 is 39.8 Å². The molecule has 1 N–H and O–H groups in total. The van der Waals surface area contributed by atoms with E-state index in [9.17, 15) is 9.59 Å². The van der Waals surface area contributed by atoms with E-state index in [1.54, 1.807) is 6.20 Å². The van der Waals surface area contributed by atoms with Crippen molar-refractivity contribution in [3.05, 3.63) is 65.0 Å². The summed E-state index contributed by atoms with van der Waals surface area (Å²) in [6.45, 7) is 1.81. The van der Waals surface area contributed by atoms with Gasteiger partial charge < -0.3 is 19.5 Å². The van der Waals surface area contributed by atoms with Crippen molar-refractivity contribution in [2.75, 3.05) is 19.5 Å². The van der Waals surface area contributed by atoms with Crippen molar-refractivity contribution in [1.29, 1.82) is 0 Å². The van der Waals surface area contributed by atoms with Gasteiger partial charge in [-0.3, -0.25) is 14.6 Å². The molecule has 5 rings (SSSR count). The van der Waals surface area contributed by atoms with E-state index in [4.69, 9.17) is 25.8 Å². The molecule has 0 radical (unpaired) electrons. The standard InChI is InChI=1S/C25H21ClN2O5/c1-13-10-15(28-16-8-4-6-14-7-5-9-27-22(14)16)11-19(29)25(13)24(30)20-17(31-2)12-18(32-3)21(26)23(20)33-25/h4-9,11-13,28H,10H2,1-3H3/t13-,25+/m1/s1. The van der Waals surface area contributed by atoms with E-state index >= 15 is 0 Å². The van der Waals surface area contributed by atoms with E-state index in [1.807, 2.05) is 37.3 Å². The molecule has 168 valence electrons. The van der Waals surface area contributed by atoms with Gasteiger partial charge >= 0.3 is 0 Å². The second-order valence-corrected chi connectivity index (χ2v) is 8.49. The minimum absolute atomic E-state index is 0.112. The summed E-state index contributed by atoms with van der Waals surface area (Å²) in [6.07, 6.45) is 3.56. The van der Waals surface area contributed by atoms with Crippen LogP contribution in [-0.4, -0.2) is 36.4 Å². The summed E-state index contributed by atoms with van der Waals surface area (Å²) in [5.74, 6) is -0.709. The fourth-order valence-electron chi connectivity index (χ4n) is 4.59. The predicted molar refractivity (Wildman–Crippen MR) is 124 cm³/mol. The molecule has 1 aliphatic carbocycles. The third-order valence-electron chi connectivity index (χ3n) is 6.24. The molecule has 0 amide bonds. The average molecular weight is 465 g/mol. The van der Waals surface area contributed by atoms with Gasteiger partial charge in [0.15, 0.2) is 5.75 Å². The van der Waals surface area contributed by atoms with Crippen LogP contribution in [0.25, 0.3) is 10.9 Å². The summed E-state index contributed by atoms with van der Waals surface area (Å²) in [6, 6.07) is 11.2. The summed E-state index contributed by atoms with van der Waals surface area (Å²) in [5.41, 5.74) is 0.719. The number of nitrogens with one attached hydrogen (secondary N) is 1. The zero-order valence-corrected chi connectivity index (χ0v) is 19.0. The van der Waals surface area contributed by atoms with E-state index in [-0.39, 0.29) is 22.1 Å². The summed E-state index contributed by atoms with van der Waals surface area (Å²) in [7, 11) is 2.89. The molecule has 1 aliphatic heterocycles. The van der Waals surface area contributed by atoms with Gasteiger partial charge in [0.2, 0.25) is 17.2 Å². The Hall–Kier alpha value is -3.58. The van der Waals surface area contributed by atoms with Gasteiger partial charge in [-0.05, 0) is 18.6 Å². The second kappa shape index (κ2) is 7.78. The lowest BCUT2D eigenvalue weighted by atomic mass is 9.74. The first-order valence-electron chi connectivity index (χ1n) is 10.4. The lowest BCUT2D eigenvalue weighted by molar-refractivity contribution is -0.129. The first kappa shape index (κ1) is 21.3. The lowest BCUT2D eigenvalue weighted by Crippen LogP contribution is -2.55. The molecule has 2 atom stereocenters. The third kappa shape index (κ3) is 3.07. The number of benzene rings is 2. The van der Waals surface area contributed by atoms with Gasteiger partial charge in [0.1, 0.15) is 22.1 Å². The normalized spacial score (nSPS) is 21.6. The van der Waals surface area contributed by atoms with E-state index in [2.05, 4.69) is 10.3 Å². The highest BCUT2D eigenvalue weighted by Gasteiger charge is 2.60. The maximum atomic E-state index is 13.6. The number of carbonyl (C=O) groups excluding carboxylic acids is 2. The van der Waals surface area contributed by atoms with Crippen LogP contribution in [0.2, 0.25) is 5.02 Å². The molecule has 3 aromatic rings. The van der Waals surface area contributed by atoms with Crippen LogP contribution in [0.15, 0.2) is 54.4 Å². The largest absolute Gasteiger partial charge is 0.496 e.